The number of carboxylic acids is 1. The number of rotatable bonds is 4. The van der Waals surface area contributed by atoms with E-state index in [2.05, 4.69) is 20.3 Å². The number of hydrogen-bond donors (Lipinski definition) is 3. The minimum absolute atomic E-state index is 0.0799. The van der Waals surface area contributed by atoms with Crippen molar-refractivity contribution in [1.82, 2.24) is 9.97 Å². The van der Waals surface area contributed by atoms with Crippen molar-refractivity contribution in [3.63, 3.8) is 0 Å². The van der Waals surface area contributed by atoms with Gasteiger partial charge in [0.2, 0.25) is 5.82 Å². The van der Waals surface area contributed by atoms with Gasteiger partial charge in [0.15, 0.2) is 6.61 Å². The summed E-state index contributed by atoms with van der Waals surface area (Å²) >= 11 is 0. The van der Waals surface area contributed by atoms with E-state index < -0.39 is 18.1 Å². The average Bonchev–Trinajstić information content (AvgIpc) is 2.08. The van der Waals surface area contributed by atoms with Gasteiger partial charge in [0, 0.05) is 12.4 Å². The molecule has 3 N–H and O–H groups in total. The van der Waals surface area contributed by atoms with Crippen LogP contribution in [-0.4, -0.2) is 27.7 Å². The molecule has 0 radical (unpaired) electrons. The first-order chi connectivity index (χ1) is 6.20. The molecule has 0 unspecified atom stereocenters. The fourth-order valence-corrected chi connectivity index (χ4v) is 0.591. The lowest BCUT2D eigenvalue weighted by atomic mass is 10.7. The second kappa shape index (κ2) is 4.21. The summed E-state index contributed by atoms with van der Waals surface area (Å²) in [6, 6.07) is 0. The molecular formula is C6H7N3O4. The molecule has 1 heterocycles. The van der Waals surface area contributed by atoms with E-state index in [1.807, 2.05) is 0 Å². The van der Waals surface area contributed by atoms with Crippen molar-refractivity contribution in [2.24, 2.45) is 0 Å². The number of carboxylic acid groups (broad SMARTS) is 1. The number of nitrogens with one attached hydrogen (secondary N) is 2. The molecule has 7 nitrogen and oxygen atoms in total. The highest BCUT2D eigenvalue weighted by atomic mass is 16.7. The smallest absolute Gasteiger partial charge is 0.332 e. The van der Waals surface area contributed by atoms with Crippen LogP contribution in [0.4, 0.5) is 5.82 Å². The van der Waals surface area contributed by atoms with Gasteiger partial charge in [0.1, 0.15) is 0 Å². The topological polar surface area (TPSA) is 104 Å². The summed E-state index contributed by atoms with van der Waals surface area (Å²) in [4.78, 5) is 31.3. The molecule has 0 bridgehead atoms. The summed E-state index contributed by atoms with van der Waals surface area (Å²) in [5, 5.41) is 8.19. The average molecular weight is 185 g/mol. The van der Waals surface area contributed by atoms with Crippen LogP contribution in [0.25, 0.3) is 0 Å². The Balaban J connectivity index is 2.50. The summed E-state index contributed by atoms with van der Waals surface area (Å²) in [7, 11) is 0. The Morgan fingerprint density at radius 1 is 1.77 bits per heavy atom. The molecule has 0 aliphatic heterocycles. The SMILES string of the molecule is O=C(O)CONc1ncc[nH]c1=O. The summed E-state index contributed by atoms with van der Waals surface area (Å²) in [5.74, 6) is -1.22. The number of carbonyl (C=O) groups is 1. The highest BCUT2D eigenvalue weighted by Gasteiger charge is 2.00. The highest BCUT2D eigenvalue weighted by molar-refractivity contribution is 5.68. The van der Waals surface area contributed by atoms with Crippen LogP contribution in [0.15, 0.2) is 17.2 Å². The van der Waals surface area contributed by atoms with Crippen molar-refractivity contribution in [2.45, 2.75) is 0 Å². The normalized spacial score (nSPS) is 9.54. The Labute approximate surface area is 72.3 Å². The summed E-state index contributed by atoms with van der Waals surface area (Å²) < 4.78 is 0. The lowest BCUT2D eigenvalue weighted by molar-refractivity contribution is -0.141. The second-order valence-electron chi connectivity index (χ2n) is 2.05. The van der Waals surface area contributed by atoms with Gasteiger partial charge >= 0.3 is 5.97 Å². The Morgan fingerprint density at radius 3 is 3.15 bits per heavy atom. The molecule has 0 saturated heterocycles. The van der Waals surface area contributed by atoms with Crippen LogP contribution in [0, 0.1) is 0 Å². The number of H-pyrrole nitrogens is 1. The van der Waals surface area contributed by atoms with Crippen LogP contribution < -0.4 is 11.0 Å². The molecule has 0 saturated carbocycles. The van der Waals surface area contributed by atoms with Crippen molar-refractivity contribution in [3.8, 4) is 0 Å². The zero-order valence-electron chi connectivity index (χ0n) is 6.48. The molecule has 1 aromatic rings. The molecule has 0 spiro atoms. The lowest BCUT2D eigenvalue weighted by Crippen LogP contribution is -2.18. The minimum Gasteiger partial charge on any atom is -0.479 e. The van der Waals surface area contributed by atoms with Gasteiger partial charge in [-0.3, -0.25) is 9.63 Å². The standard InChI is InChI=1S/C6H7N3O4/c10-4(11)3-13-9-5-6(12)8-2-1-7-5/h1-2H,3H2,(H,7,9)(H,8,12)(H,10,11). The van der Waals surface area contributed by atoms with Gasteiger partial charge < -0.3 is 10.1 Å². The van der Waals surface area contributed by atoms with Crippen molar-refractivity contribution in [2.75, 3.05) is 12.1 Å². The van der Waals surface area contributed by atoms with Crippen LogP contribution in [0.3, 0.4) is 0 Å². The van der Waals surface area contributed by atoms with E-state index in [0.29, 0.717) is 0 Å². The maximum atomic E-state index is 10.9. The number of nitrogens with zero attached hydrogens (tertiary/aromatic N) is 1. The molecule has 0 atom stereocenters. The predicted molar refractivity (Wildman–Crippen MR) is 42.1 cm³/mol. The summed E-state index contributed by atoms with van der Waals surface area (Å²) in [5.41, 5.74) is 1.63. The van der Waals surface area contributed by atoms with Crippen LogP contribution in [0.2, 0.25) is 0 Å². The highest BCUT2D eigenvalue weighted by Crippen LogP contribution is 1.88. The molecule has 70 valence electrons. The maximum Gasteiger partial charge on any atom is 0.332 e. The van der Waals surface area contributed by atoms with Gasteiger partial charge in [-0.25, -0.2) is 15.3 Å². The third-order valence-corrected chi connectivity index (χ3v) is 1.07. The molecule has 7 heteroatoms. The van der Waals surface area contributed by atoms with Crippen molar-refractivity contribution in [3.05, 3.63) is 22.7 Å². The Morgan fingerprint density at radius 2 is 2.54 bits per heavy atom. The minimum atomic E-state index is -1.14. The van der Waals surface area contributed by atoms with E-state index in [9.17, 15) is 9.59 Å². The quantitative estimate of drug-likeness (QED) is 0.530. The van der Waals surface area contributed by atoms with Crippen molar-refractivity contribution < 1.29 is 14.7 Å². The van der Waals surface area contributed by atoms with Gasteiger partial charge in [-0.2, -0.15) is 0 Å². The maximum absolute atomic E-state index is 10.9. The number of anilines is 1. The fourth-order valence-electron chi connectivity index (χ4n) is 0.591. The van der Waals surface area contributed by atoms with E-state index in [0.717, 1.165) is 0 Å². The first kappa shape index (κ1) is 9.20. The molecule has 1 rings (SSSR count). The van der Waals surface area contributed by atoms with Gasteiger partial charge in [0.25, 0.3) is 5.56 Å². The van der Waals surface area contributed by atoms with E-state index in [1.54, 1.807) is 0 Å². The molecule has 1 aromatic heterocycles. The van der Waals surface area contributed by atoms with Gasteiger partial charge in [-0.15, -0.1) is 0 Å². The Kier molecular flexibility index (Phi) is 2.98. The van der Waals surface area contributed by atoms with Crippen LogP contribution in [-0.2, 0) is 9.63 Å². The van der Waals surface area contributed by atoms with E-state index in [1.165, 1.54) is 12.4 Å². The van der Waals surface area contributed by atoms with E-state index >= 15 is 0 Å². The zero-order chi connectivity index (χ0) is 9.68. The molecule has 0 fully saturated rings. The van der Waals surface area contributed by atoms with Crippen LogP contribution >= 0.6 is 0 Å². The molecule has 0 aliphatic rings. The molecule has 0 amide bonds. The first-order valence-corrected chi connectivity index (χ1v) is 3.33. The Hall–Kier alpha value is -1.89. The van der Waals surface area contributed by atoms with Crippen LogP contribution in [0.1, 0.15) is 0 Å². The first-order valence-electron chi connectivity index (χ1n) is 3.33. The molecule has 0 aliphatic carbocycles. The van der Waals surface area contributed by atoms with Crippen molar-refractivity contribution >= 4 is 11.8 Å². The number of aliphatic carboxylic acids is 1. The van der Waals surface area contributed by atoms with Gasteiger partial charge in [-0.1, -0.05) is 0 Å². The number of hydrogen-bond acceptors (Lipinski definition) is 5. The third-order valence-electron chi connectivity index (χ3n) is 1.07. The molecule has 0 aromatic carbocycles. The predicted octanol–water partition coefficient (Wildman–Crippen LogP) is -0.802. The molecule has 13 heavy (non-hydrogen) atoms. The van der Waals surface area contributed by atoms with E-state index in [4.69, 9.17) is 5.11 Å². The number of aromatic amines is 1. The fraction of sp³-hybridized carbons (Fsp3) is 0.167. The molecular weight excluding hydrogens is 178 g/mol. The van der Waals surface area contributed by atoms with E-state index in [-0.39, 0.29) is 5.82 Å². The summed E-state index contributed by atoms with van der Waals surface area (Å²) in [6.45, 7) is -0.546. The van der Waals surface area contributed by atoms with Crippen molar-refractivity contribution in [1.29, 1.82) is 0 Å². The Bertz CT molecular complexity index is 348. The third kappa shape index (κ3) is 2.91. The largest absolute Gasteiger partial charge is 0.479 e. The van der Waals surface area contributed by atoms with Gasteiger partial charge in [-0.05, 0) is 0 Å². The zero-order valence-corrected chi connectivity index (χ0v) is 6.48. The second-order valence-corrected chi connectivity index (χ2v) is 2.05. The van der Waals surface area contributed by atoms with Gasteiger partial charge in [0.05, 0.1) is 0 Å². The lowest BCUT2D eigenvalue weighted by Gasteiger charge is -2.01. The monoisotopic (exact) mass is 185 g/mol. The number of aromatic nitrogens is 2. The summed E-state index contributed by atoms with van der Waals surface area (Å²) in [6.07, 6.45) is 2.69. The van der Waals surface area contributed by atoms with Crippen LogP contribution in [0.5, 0.6) is 0 Å².